The van der Waals surface area contributed by atoms with E-state index < -0.39 is 49.8 Å². The minimum absolute atomic E-state index is 0.0719. The number of carbonyl (C=O) groups excluding carboxylic acids is 1. The number of rotatable bonds is 7. The Balaban J connectivity index is 1.71. The maximum absolute atomic E-state index is 12.9. The number of allylic oxidation sites excluding steroid dienone is 2. The van der Waals surface area contributed by atoms with Crippen LogP contribution in [0.25, 0.3) is 11.8 Å². The van der Waals surface area contributed by atoms with Gasteiger partial charge in [-0.3, -0.25) is 19.2 Å². The molecule has 1 aliphatic rings. The number of aromatic nitrogens is 2. The van der Waals surface area contributed by atoms with Crippen LogP contribution in [0.1, 0.15) is 16.1 Å². The topological polar surface area (TPSA) is 199 Å². The number of hydrazone groups is 1. The Labute approximate surface area is 207 Å². The van der Waals surface area contributed by atoms with Crippen LogP contribution in [0.4, 0.5) is 5.69 Å². The number of carbonyl (C=O) groups is 3. The van der Waals surface area contributed by atoms with Crippen LogP contribution in [0.5, 0.6) is 0 Å². The van der Waals surface area contributed by atoms with Gasteiger partial charge >= 0.3 is 11.9 Å². The van der Waals surface area contributed by atoms with E-state index in [9.17, 15) is 37.8 Å². The molecule has 0 unspecified atom stereocenters. The smallest absolute Gasteiger partial charge is 0.357 e. The maximum Gasteiger partial charge on any atom is 0.357 e. The van der Waals surface area contributed by atoms with Gasteiger partial charge in [-0.05, 0) is 48.6 Å². The molecular weight excluding hydrogens is 508 g/mol. The van der Waals surface area contributed by atoms with Gasteiger partial charge in [0.1, 0.15) is 0 Å². The zero-order valence-corrected chi connectivity index (χ0v) is 19.3. The van der Waals surface area contributed by atoms with Crippen molar-refractivity contribution in [2.24, 2.45) is 5.10 Å². The van der Waals surface area contributed by atoms with Crippen LogP contribution in [0.15, 0.2) is 87.1 Å². The summed E-state index contributed by atoms with van der Waals surface area (Å²) < 4.78 is 32.4. The Bertz CT molecular complexity index is 1680. The second-order valence-electron chi connectivity index (χ2n) is 7.46. The van der Waals surface area contributed by atoms with Crippen molar-refractivity contribution in [3.8, 4) is 5.69 Å². The van der Waals surface area contributed by atoms with E-state index in [-0.39, 0.29) is 16.8 Å². The van der Waals surface area contributed by atoms with Crippen molar-refractivity contribution in [2.45, 2.75) is 4.90 Å². The Morgan fingerprint density at radius 2 is 1.57 bits per heavy atom. The maximum atomic E-state index is 12.9. The monoisotopic (exact) mass is 524 g/mol. The quantitative estimate of drug-likeness (QED) is 0.261. The van der Waals surface area contributed by atoms with E-state index in [1.54, 1.807) is 30.3 Å². The van der Waals surface area contributed by atoms with Gasteiger partial charge in [-0.25, -0.2) is 14.3 Å². The first-order valence-corrected chi connectivity index (χ1v) is 11.7. The number of H-pyrrole nitrogens is 1. The number of amides is 1. The highest BCUT2D eigenvalue weighted by molar-refractivity contribution is 7.85. The van der Waals surface area contributed by atoms with E-state index in [0.717, 1.165) is 40.1 Å². The molecule has 0 radical (unpaired) electrons. The molecular formula is C23H16N4O9S. The van der Waals surface area contributed by atoms with E-state index in [2.05, 4.69) is 10.2 Å². The highest BCUT2D eigenvalue weighted by Crippen LogP contribution is 2.23. The number of aromatic carboxylic acids is 1. The summed E-state index contributed by atoms with van der Waals surface area (Å²) in [5, 5.41) is 26.2. The molecule has 188 valence electrons. The summed E-state index contributed by atoms with van der Waals surface area (Å²) in [5.74, 6) is -3.69. The molecule has 37 heavy (non-hydrogen) atoms. The molecule has 1 aliphatic heterocycles. The lowest BCUT2D eigenvalue weighted by molar-refractivity contribution is -0.129. The van der Waals surface area contributed by atoms with E-state index in [1.165, 1.54) is 12.1 Å². The predicted octanol–water partition coefficient (Wildman–Crippen LogP) is 1.54. The first-order chi connectivity index (χ1) is 17.5. The zero-order chi connectivity index (χ0) is 26.9. The van der Waals surface area contributed by atoms with Crippen LogP contribution < -0.4 is 10.6 Å². The molecule has 2 aromatic carbocycles. The summed E-state index contributed by atoms with van der Waals surface area (Å²) in [6, 6.07) is 12.5. The summed E-state index contributed by atoms with van der Waals surface area (Å²) in [4.78, 5) is 48.7. The molecule has 1 aromatic heterocycles. The third-order valence-electron chi connectivity index (χ3n) is 5.14. The molecule has 4 N–H and O–H groups in total. The molecule has 0 spiro atoms. The Hall–Kier alpha value is -5.08. The molecule has 13 nitrogen and oxygen atoms in total. The van der Waals surface area contributed by atoms with Gasteiger partial charge in [-0.2, -0.15) is 18.5 Å². The highest BCUT2D eigenvalue weighted by atomic mass is 32.2. The number of hydrogen-bond acceptors (Lipinski definition) is 7. The minimum atomic E-state index is -4.48. The number of benzene rings is 2. The second kappa shape index (κ2) is 9.52. The molecule has 3 aromatic rings. The van der Waals surface area contributed by atoms with Gasteiger partial charge < -0.3 is 10.2 Å². The lowest BCUT2D eigenvalue weighted by Gasteiger charge is -2.10. The lowest BCUT2D eigenvalue weighted by Crippen LogP contribution is -2.22. The van der Waals surface area contributed by atoms with Gasteiger partial charge in [0.2, 0.25) is 0 Å². The van der Waals surface area contributed by atoms with Crippen molar-refractivity contribution in [2.75, 3.05) is 5.01 Å². The number of hydrogen-bond donors (Lipinski definition) is 4. The number of nitrogens with one attached hydrogen (secondary N) is 1. The molecule has 0 bridgehead atoms. The van der Waals surface area contributed by atoms with Gasteiger partial charge in [0, 0.05) is 0 Å². The van der Waals surface area contributed by atoms with Crippen molar-refractivity contribution in [3.05, 3.63) is 93.9 Å². The standard InChI is InChI=1S/C23H16N4O9S/c28-20-16(18(22(30)31)24-26(20)13-5-2-1-3-6-13)7-4-8-17-19(23(32)33)25-27(21(17)29)14-9-11-15(12-10-14)37(34,35)36/h1-12,25H,(H,30,31)(H,32,33)(H,34,35,36). The fourth-order valence-electron chi connectivity index (χ4n) is 3.42. The molecule has 0 fully saturated rings. The average molecular weight is 524 g/mol. The first kappa shape index (κ1) is 25.0. The molecule has 2 heterocycles. The Morgan fingerprint density at radius 1 is 0.919 bits per heavy atom. The van der Waals surface area contributed by atoms with Crippen LogP contribution in [0.3, 0.4) is 0 Å². The highest BCUT2D eigenvalue weighted by Gasteiger charge is 2.34. The van der Waals surface area contributed by atoms with Crippen LogP contribution in [-0.2, 0) is 19.7 Å². The zero-order valence-electron chi connectivity index (χ0n) is 18.5. The van der Waals surface area contributed by atoms with Gasteiger partial charge in [-0.1, -0.05) is 24.3 Å². The molecule has 0 aliphatic carbocycles. The van der Waals surface area contributed by atoms with Crippen LogP contribution in [-0.4, -0.2) is 56.5 Å². The van der Waals surface area contributed by atoms with E-state index in [1.807, 2.05) is 0 Å². The summed E-state index contributed by atoms with van der Waals surface area (Å²) in [5.41, 5.74) is -2.11. The number of nitrogens with zero attached hydrogens (tertiary/aromatic N) is 3. The molecule has 4 rings (SSSR count). The largest absolute Gasteiger partial charge is 0.477 e. The van der Waals surface area contributed by atoms with E-state index in [0.29, 0.717) is 5.69 Å². The third kappa shape index (κ3) is 4.86. The summed E-state index contributed by atoms with van der Waals surface area (Å²) in [6.07, 6.45) is 3.32. The van der Waals surface area contributed by atoms with Crippen LogP contribution in [0.2, 0.25) is 0 Å². The summed E-state index contributed by atoms with van der Waals surface area (Å²) in [7, 11) is -4.48. The molecule has 1 amide bonds. The molecule has 0 saturated heterocycles. The normalized spacial score (nSPS) is 14.9. The lowest BCUT2D eigenvalue weighted by atomic mass is 10.1. The fourth-order valence-corrected chi connectivity index (χ4v) is 3.90. The number of aromatic amines is 1. The summed E-state index contributed by atoms with van der Waals surface area (Å²) in [6.45, 7) is 0. The number of carboxylic acid groups (broad SMARTS) is 2. The van der Waals surface area contributed by atoms with E-state index in [4.69, 9.17) is 4.55 Å². The van der Waals surface area contributed by atoms with Crippen molar-refractivity contribution in [1.82, 2.24) is 9.78 Å². The molecule has 0 atom stereocenters. The predicted molar refractivity (Wildman–Crippen MR) is 129 cm³/mol. The number of aliphatic carboxylic acids is 1. The number of para-hydroxylation sites is 1. The van der Waals surface area contributed by atoms with E-state index >= 15 is 0 Å². The van der Waals surface area contributed by atoms with Crippen molar-refractivity contribution in [1.29, 1.82) is 0 Å². The SMILES string of the molecule is O=C(O)C1=NN(c2ccccc2)C(=O)C1=CC=Cc1c(C(=O)O)[nH]n(-c2ccc(S(=O)(=O)O)cc2)c1=O. The van der Waals surface area contributed by atoms with Gasteiger partial charge in [0.25, 0.3) is 21.6 Å². The van der Waals surface area contributed by atoms with Crippen LogP contribution in [0, 0.1) is 0 Å². The third-order valence-corrected chi connectivity index (χ3v) is 6.01. The van der Waals surface area contributed by atoms with Gasteiger partial charge in [0.15, 0.2) is 11.4 Å². The van der Waals surface area contributed by atoms with Crippen molar-refractivity contribution < 1.29 is 37.6 Å². The Kier molecular flexibility index (Phi) is 6.44. The first-order valence-electron chi connectivity index (χ1n) is 10.3. The van der Waals surface area contributed by atoms with Crippen molar-refractivity contribution >= 4 is 45.4 Å². The molecule has 0 saturated carbocycles. The Morgan fingerprint density at radius 3 is 2.14 bits per heavy atom. The number of anilines is 1. The van der Waals surface area contributed by atoms with Gasteiger partial charge in [0.05, 0.1) is 27.4 Å². The van der Waals surface area contributed by atoms with Crippen LogP contribution >= 0.6 is 0 Å². The average Bonchev–Trinajstić information content (AvgIpc) is 3.36. The van der Waals surface area contributed by atoms with Gasteiger partial charge in [-0.15, -0.1) is 0 Å². The number of carboxylic acids is 2. The minimum Gasteiger partial charge on any atom is -0.477 e. The fraction of sp³-hybridized carbons (Fsp3) is 0. The second-order valence-corrected chi connectivity index (χ2v) is 8.88. The summed E-state index contributed by atoms with van der Waals surface area (Å²) >= 11 is 0. The van der Waals surface area contributed by atoms with Crippen molar-refractivity contribution in [3.63, 3.8) is 0 Å². The molecule has 14 heteroatoms.